The molecule has 1 saturated carbocycles. The zero-order valence-electron chi connectivity index (χ0n) is 11.3. The van der Waals surface area contributed by atoms with Crippen LogP contribution in [0.25, 0.3) is 0 Å². The summed E-state index contributed by atoms with van der Waals surface area (Å²) in [5.74, 6) is 0.103. The Morgan fingerprint density at radius 3 is 2.65 bits per heavy atom. The fourth-order valence-electron chi connectivity index (χ4n) is 1.80. The second-order valence-corrected chi connectivity index (χ2v) is 4.46. The molecule has 1 aromatic carbocycles. The summed E-state index contributed by atoms with van der Waals surface area (Å²) < 4.78 is 10.4. The molecule has 2 rings (SSSR count). The SMILES string of the molecule is CCOc1cc(C(=O)NC2CC2)c([N+](=O)[O-])cc1OC. The molecule has 0 bridgehead atoms. The molecule has 0 atom stereocenters. The summed E-state index contributed by atoms with van der Waals surface area (Å²) in [6.07, 6.45) is 1.82. The maximum Gasteiger partial charge on any atom is 0.286 e. The summed E-state index contributed by atoms with van der Waals surface area (Å²) in [6.45, 7) is 2.16. The average Bonchev–Trinajstić information content (AvgIpc) is 3.22. The normalized spacial score (nSPS) is 13.7. The van der Waals surface area contributed by atoms with E-state index in [9.17, 15) is 14.9 Å². The Kier molecular flexibility index (Phi) is 4.07. The molecule has 108 valence electrons. The molecule has 7 nitrogen and oxygen atoms in total. The van der Waals surface area contributed by atoms with Crippen molar-refractivity contribution in [3.8, 4) is 11.5 Å². The highest BCUT2D eigenvalue weighted by atomic mass is 16.6. The van der Waals surface area contributed by atoms with Gasteiger partial charge in [-0.2, -0.15) is 0 Å². The van der Waals surface area contributed by atoms with Crippen LogP contribution in [0.1, 0.15) is 30.1 Å². The van der Waals surface area contributed by atoms with E-state index in [4.69, 9.17) is 9.47 Å². The van der Waals surface area contributed by atoms with Crippen molar-refractivity contribution in [2.45, 2.75) is 25.8 Å². The van der Waals surface area contributed by atoms with Crippen LogP contribution in [-0.2, 0) is 0 Å². The van der Waals surface area contributed by atoms with E-state index in [1.165, 1.54) is 19.2 Å². The van der Waals surface area contributed by atoms with Crippen LogP contribution in [0.3, 0.4) is 0 Å². The van der Waals surface area contributed by atoms with Crippen molar-refractivity contribution in [2.24, 2.45) is 0 Å². The Labute approximate surface area is 116 Å². The second kappa shape index (κ2) is 5.77. The highest BCUT2D eigenvalue weighted by Gasteiger charge is 2.29. The molecule has 0 heterocycles. The van der Waals surface area contributed by atoms with Gasteiger partial charge in [0.15, 0.2) is 11.5 Å². The van der Waals surface area contributed by atoms with Gasteiger partial charge in [0, 0.05) is 12.1 Å². The van der Waals surface area contributed by atoms with Crippen molar-refractivity contribution in [3.05, 3.63) is 27.8 Å². The monoisotopic (exact) mass is 280 g/mol. The zero-order chi connectivity index (χ0) is 14.7. The van der Waals surface area contributed by atoms with Gasteiger partial charge < -0.3 is 14.8 Å². The van der Waals surface area contributed by atoms with Crippen molar-refractivity contribution in [2.75, 3.05) is 13.7 Å². The third-order valence-corrected chi connectivity index (χ3v) is 2.94. The predicted octanol–water partition coefficient (Wildman–Crippen LogP) is 1.89. The Hall–Kier alpha value is -2.31. The van der Waals surface area contributed by atoms with Gasteiger partial charge in [0.25, 0.3) is 11.6 Å². The Morgan fingerprint density at radius 1 is 1.45 bits per heavy atom. The van der Waals surface area contributed by atoms with Crippen LogP contribution < -0.4 is 14.8 Å². The second-order valence-electron chi connectivity index (χ2n) is 4.46. The van der Waals surface area contributed by atoms with Crippen LogP contribution >= 0.6 is 0 Å². The molecule has 0 aliphatic heterocycles. The summed E-state index contributed by atoms with van der Waals surface area (Å²) in [5.41, 5.74) is -0.297. The lowest BCUT2D eigenvalue weighted by atomic mass is 10.1. The first-order valence-electron chi connectivity index (χ1n) is 6.37. The average molecular weight is 280 g/mol. The van der Waals surface area contributed by atoms with E-state index >= 15 is 0 Å². The minimum absolute atomic E-state index is 0.00819. The molecule has 20 heavy (non-hydrogen) atoms. The molecule has 1 fully saturated rings. The van der Waals surface area contributed by atoms with Gasteiger partial charge in [0.2, 0.25) is 0 Å². The number of nitrogens with one attached hydrogen (secondary N) is 1. The van der Waals surface area contributed by atoms with Gasteiger partial charge >= 0.3 is 0 Å². The molecule has 1 aromatic rings. The summed E-state index contributed by atoms with van der Waals surface area (Å²) in [5, 5.41) is 13.8. The van der Waals surface area contributed by atoms with Crippen molar-refractivity contribution in [3.63, 3.8) is 0 Å². The van der Waals surface area contributed by atoms with Gasteiger partial charge in [-0.25, -0.2) is 0 Å². The summed E-state index contributed by atoms with van der Waals surface area (Å²) in [4.78, 5) is 22.6. The van der Waals surface area contributed by atoms with Crippen LogP contribution in [0, 0.1) is 10.1 Å². The number of nitro benzene ring substituents is 1. The molecule has 0 spiro atoms. The number of amides is 1. The lowest BCUT2D eigenvalue weighted by molar-refractivity contribution is -0.385. The third-order valence-electron chi connectivity index (χ3n) is 2.94. The van der Waals surface area contributed by atoms with Crippen molar-refractivity contribution < 1.29 is 19.2 Å². The number of hydrogen-bond acceptors (Lipinski definition) is 5. The van der Waals surface area contributed by atoms with E-state index in [0.29, 0.717) is 12.4 Å². The fourth-order valence-corrected chi connectivity index (χ4v) is 1.80. The quantitative estimate of drug-likeness (QED) is 0.634. The van der Waals surface area contributed by atoms with Gasteiger partial charge in [-0.15, -0.1) is 0 Å². The minimum atomic E-state index is -0.597. The van der Waals surface area contributed by atoms with E-state index < -0.39 is 10.8 Å². The Bertz CT molecular complexity index is 540. The maximum absolute atomic E-state index is 12.1. The van der Waals surface area contributed by atoms with Crippen LogP contribution in [0.5, 0.6) is 11.5 Å². The number of nitrogens with zero attached hydrogens (tertiary/aromatic N) is 1. The molecule has 0 radical (unpaired) electrons. The number of ether oxygens (including phenoxy) is 2. The summed E-state index contributed by atoms with van der Waals surface area (Å²) in [6, 6.07) is 2.70. The van der Waals surface area contributed by atoms with Crippen LogP contribution in [0.4, 0.5) is 5.69 Å². The largest absolute Gasteiger partial charge is 0.493 e. The summed E-state index contributed by atoms with van der Waals surface area (Å²) >= 11 is 0. The number of benzene rings is 1. The smallest absolute Gasteiger partial charge is 0.286 e. The standard InChI is InChI=1S/C13H16N2O5/c1-3-20-12-6-9(13(16)14-8-4-5-8)10(15(17)18)7-11(12)19-2/h6-8H,3-5H2,1-2H3,(H,14,16). The number of carbonyl (C=O) groups excluding carboxylic acids is 1. The molecule has 7 heteroatoms. The van der Waals surface area contributed by atoms with Gasteiger partial charge in [-0.05, 0) is 19.8 Å². The van der Waals surface area contributed by atoms with Crippen LogP contribution in [0.15, 0.2) is 12.1 Å². The van der Waals surface area contributed by atoms with Crippen LogP contribution in [0.2, 0.25) is 0 Å². The van der Waals surface area contributed by atoms with Crippen molar-refractivity contribution in [1.82, 2.24) is 5.32 Å². The molecule has 1 aliphatic rings. The maximum atomic E-state index is 12.1. The highest BCUT2D eigenvalue weighted by Crippen LogP contribution is 2.35. The van der Waals surface area contributed by atoms with Crippen LogP contribution in [-0.4, -0.2) is 30.6 Å². The van der Waals surface area contributed by atoms with E-state index in [2.05, 4.69) is 5.32 Å². The van der Waals surface area contributed by atoms with E-state index in [0.717, 1.165) is 12.8 Å². The number of rotatable bonds is 6. The van der Waals surface area contributed by atoms with Crippen molar-refractivity contribution in [1.29, 1.82) is 0 Å². The molecule has 0 aromatic heterocycles. The molecule has 1 amide bonds. The lowest BCUT2D eigenvalue weighted by Gasteiger charge is -2.11. The number of hydrogen-bond donors (Lipinski definition) is 1. The number of nitro groups is 1. The number of carbonyl (C=O) groups is 1. The van der Waals surface area contributed by atoms with Gasteiger partial charge in [-0.1, -0.05) is 0 Å². The molecule has 1 N–H and O–H groups in total. The molecular weight excluding hydrogens is 264 g/mol. The van der Waals surface area contributed by atoms with Gasteiger partial charge in [0.05, 0.1) is 24.7 Å². The minimum Gasteiger partial charge on any atom is -0.493 e. The topological polar surface area (TPSA) is 90.7 Å². The molecular formula is C13H16N2O5. The fraction of sp³-hybridized carbons (Fsp3) is 0.462. The Balaban J connectivity index is 2.42. The van der Waals surface area contributed by atoms with Gasteiger partial charge in [-0.3, -0.25) is 14.9 Å². The molecule has 1 aliphatic carbocycles. The van der Waals surface area contributed by atoms with E-state index in [-0.39, 0.29) is 23.0 Å². The first-order chi connectivity index (χ1) is 9.56. The first kappa shape index (κ1) is 14.1. The zero-order valence-corrected chi connectivity index (χ0v) is 11.3. The summed E-state index contributed by atoms with van der Waals surface area (Å²) in [7, 11) is 1.39. The lowest BCUT2D eigenvalue weighted by Crippen LogP contribution is -2.26. The molecule has 0 unspecified atom stereocenters. The van der Waals surface area contributed by atoms with E-state index in [1.54, 1.807) is 6.92 Å². The first-order valence-corrected chi connectivity index (χ1v) is 6.37. The Morgan fingerprint density at radius 2 is 2.15 bits per heavy atom. The predicted molar refractivity (Wildman–Crippen MR) is 71.3 cm³/mol. The van der Waals surface area contributed by atoms with E-state index in [1.807, 2.05) is 0 Å². The number of methoxy groups -OCH3 is 1. The van der Waals surface area contributed by atoms with Crippen molar-refractivity contribution >= 4 is 11.6 Å². The third kappa shape index (κ3) is 2.98. The molecule has 0 saturated heterocycles. The highest BCUT2D eigenvalue weighted by molar-refractivity contribution is 5.99. The van der Waals surface area contributed by atoms with Gasteiger partial charge in [0.1, 0.15) is 5.56 Å².